The van der Waals surface area contributed by atoms with Gasteiger partial charge in [0.05, 0.1) is 0 Å². The molecule has 2 heterocycles. The van der Waals surface area contributed by atoms with Crippen molar-refractivity contribution in [3.05, 3.63) is 0 Å². The molecule has 0 aromatic carbocycles. The lowest BCUT2D eigenvalue weighted by Gasteiger charge is -2.33. The van der Waals surface area contributed by atoms with Crippen LogP contribution in [0.1, 0.15) is 52.4 Å². The Balaban J connectivity index is 1.45. The number of nitrogens with one attached hydrogen (secondary N) is 2. The van der Waals surface area contributed by atoms with E-state index in [0.717, 1.165) is 38.5 Å². The number of amides is 2. The molecule has 5 heteroatoms. The maximum Gasteiger partial charge on any atom is 0.314 e. The maximum atomic E-state index is 11.8. The molecular weight excluding hydrogens is 288 g/mol. The highest BCUT2D eigenvalue weighted by molar-refractivity contribution is 5.73. The van der Waals surface area contributed by atoms with Gasteiger partial charge in [0.1, 0.15) is 0 Å². The van der Waals surface area contributed by atoms with Gasteiger partial charge in [-0.1, -0.05) is 13.3 Å². The van der Waals surface area contributed by atoms with Gasteiger partial charge in [-0.2, -0.15) is 0 Å². The molecule has 2 N–H and O–H groups in total. The first-order valence-electron chi connectivity index (χ1n) is 9.63. The lowest BCUT2D eigenvalue weighted by atomic mass is 9.99. The number of piperidine rings is 2. The van der Waals surface area contributed by atoms with Crippen LogP contribution in [0.2, 0.25) is 0 Å². The van der Waals surface area contributed by atoms with Gasteiger partial charge in [0.15, 0.2) is 0 Å². The van der Waals surface area contributed by atoms with Crippen molar-refractivity contribution in [1.29, 1.82) is 0 Å². The predicted molar refractivity (Wildman–Crippen MR) is 95.7 cm³/mol. The van der Waals surface area contributed by atoms with E-state index in [9.17, 15) is 4.79 Å². The molecule has 1 unspecified atom stereocenters. The standard InChI is InChI=1S/C18H36N4O/c1-16-7-13-21(14-8-16)15-10-20-18(23)19-9-5-12-22-11-4-3-6-17(22)2/h16-17H,3-15H2,1-2H3,(H2,19,20,23). The lowest BCUT2D eigenvalue weighted by molar-refractivity contribution is 0.159. The third-order valence-corrected chi connectivity index (χ3v) is 5.44. The molecule has 0 spiro atoms. The van der Waals surface area contributed by atoms with Crippen LogP contribution in [-0.4, -0.2) is 67.7 Å². The summed E-state index contributed by atoms with van der Waals surface area (Å²) in [4.78, 5) is 16.8. The first-order valence-corrected chi connectivity index (χ1v) is 9.63. The second kappa shape index (κ2) is 10.1. The molecule has 2 aliphatic rings. The van der Waals surface area contributed by atoms with Crippen molar-refractivity contribution in [2.24, 2.45) is 5.92 Å². The van der Waals surface area contributed by atoms with Gasteiger partial charge in [0.2, 0.25) is 0 Å². The first-order chi connectivity index (χ1) is 11.1. The minimum atomic E-state index is -0.0120. The topological polar surface area (TPSA) is 47.6 Å². The zero-order valence-electron chi connectivity index (χ0n) is 15.1. The van der Waals surface area contributed by atoms with Gasteiger partial charge in [-0.25, -0.2) is 4.79 Å². The molecule has 134 valence electrons. The number of carbonyl (C=O) groups is 1. The van der Waals surface area contributed by atoms with Gasteiger partial charge >= 0.3 is 6.03 Å². The fourth-order valence-corrected chi connectivity index (χ4v) is 3.65. The third kappa shape index (κ3) is 7.08. The van der Waals surface area contributed by atoms with Crippen LogP contribution in [0.15, 0.2) is 0 Å². The van der Waals surface area contributed by atoms with Crippen molar-refractivity contribution in [3.8, 4) is 0 Å². The minimum Gasteiger partial charge on any atom is -0.338 e. The second-order valence-corrected chi connectivity index (χ2v) is 7.44. The molecule has 2 fully saturated rings. The Hall–Kier alpha value is -0.810. The quantitative estimate of drug-likeness (QED) is 0.706. The van der Waals surface area contributed by atoms with E-state index in [1.807, 2.05) is 0 Å². The molecule has 2 rings (SSSR count). The first kappa shape index (κ1) is 18.5. The van der Waals surface area contributed by atoms with Gasteiger partial charge in [-0.05, 0) is 64.6 Å². The molecule has 2 saturated heterocycles. The van der Waals surface area contributed by atoms with Crippen molar-refractivity contribution in [3.63, 3.8) is 0 Å². The predicted octanol–water partition coefficient (Wildman–Crippen LogP) is 2.28. The average molecular weight is 325 g/mol. The number of urea groups is 1. The zero-order chi connectivity index (χ0) is 16.5. The second-order valence-electron chi connectivity index (χ2n) is 7.44. The Morgan fingerprint density at radius 2 is 1.70 bits per heavy atom. The molecule has 0 aliphatic carbocycles. The molecule has 0 aromatic heterocycles. The third-order valence-electron chi connectivity index (χ3n) is 5.44. The summed E-state index contributed by atoms with van der Waals surface area (Å²) in [6, 6.07) is 0.701. The number of carbonyl (C=O) groups excluding carboxylic acids is 1. The maximum absolute atomic E-state index is 11.8. The van der Waals surface area contributed by atoms with Crippen LogP contribution in [0.5, 0.6) is 0 Å². The number of rotatable bonds is 7. The van der Waals surface area contributed by atoms with Crippen molar-refractivity contribution in [2.45, 2.75) is 58.4 Å². The highest BCUT2D eigenvalue weighted by atomic mass is 16.2. The van der Waals surface area contributed by atoms with Crippen molar-refractivity contribution in [2.75, 3.05) is 45.8 Å². The zero-order valence-corrected chi connectivity index (χ0v) is 15.1. The summed E-state index contributed by atoms with van der Waals surface area (Å²) in [6.07, 6.45) is 7.65. The highest BCUT2D eigenvalue weighted by Crippen LogP contribution is 2.16. The van der Waals surface area contributed by atoms with Gasteiger partial charge < -0.3 is 20.4 Å². The van der Waals surface area contributed by atoms with Crippen LogP contribution < -0.4 is 10.6 Å². The molecule has 0 aromatic rings. The smallest absolute Gasteiger partial charge is 0.314 e. The molecule has 0 radical (unpaired) electrons. The molecule has 1 atom stereocenters. The Labute approximate surface area is 142 Å². The van der Waals surface area contributed by atoms with Crippen molar-refractivity contribution < 1.29 is 4.79 Å². The fourth-order valence-electron chi connectivity index (χ4n) is 3.65. The molecule has 5 nitrogen and oxygen atoms in total. The van der Waals surface area contributed by atoms with E-state index in [1.54, 1.807) is 0 Å². The van der Waals surface area contributed by atoms with E-state index in [2.05, 4.69) is 34.3 Å². The van der Waals surface area contributed by atoms with Crippen LogP contribution in [0.4, 0.5) is 4.79 Å². The Morgan fingerprint density at radius 3 is 2.43 bits per heavy atom. The summed E-state index contributed by atoms with van der Waals surface area (Å²) >= 11 is 0. The summed E-state index contributed by atoms with van der Waals surface area (Å²) in [6.45, 7) is 11.8. The normalized spacial score (nSPS) is 24.5. The average Bonchev–Trinajstić information content (AvgIpc) is 2.55. The number of hydrogen-bond donors (Lipinski definition) is 2. The summed E-state index contributed by atoms with van der Waals surface area (Å²) in [5.41, 5.74) is 0. The van der Waals surface area contributed by atoms with E-state index in [1.165, 1.54) is 51.7 Å². The molecule has 2 aliphatic heterocycles. The molecular formula is C18H36N4O. The van der Waals surface area contributed by atoms with Crippen LogP contribution in [0.3, 0.4) is 0 Å². The number of hydrogen-bond acceptors (Lipinski definition) is 3. The number of likely N-dealkylation sites (tertiary alicyclic amines) is 2. The van der Waals surface area contributed by atoms with Crippen molar-refractivity contribution >= 4 is 6.03 Å². The Bertz CT molecular complexity index is 342. The minimum absolute atomic E-state index is 0.0120. The van der Waals surface area contributed by atoms with Gasteiger partial charge in [0, 0.05) is 32.2 Å². The van der Waals surface area contributed by atoms with Gasteiger partial charge in [0.25, 0.3) is 0 Å². The summed E-state index contributed by atoms with van der Waals surface area (Å²) in [5, 5.41) is 5.97. The van der Waals surface area contributed by atoms with Crippen LogP contribution in [-0.2, 0) is 0 Å². The van der Waals surface area contributed by atoms with E-state index < -0.39 is 0 Å². The van der Waals surface area contributed by atoms with Crippen LogP contribution in [0, 0.1) is 5.92 Å². The van der Waals surface area contributed by atoms with E-state index >= 15 is 0 Å². The fraction of sp³-hybridized carbons (Fsp3) is 0.944. The van der Waals surface area contributed by atoms with E-state index in [0.29, 0.717) is 6.04 Å². The SMILES string of the molecule is CC1CCN(CCNC(=O)NCCCN2CCCCC2C)CC1. The van der Waals surface area contributed by atoms with Crippen molar-refractivity contribution in [1.82, 2.24) is 20.4 Å². The molecule has 23 heavy (non-hydrogen) atoms. The van der Waals surface area contributed by atoms with Crippen LogP contribution >= 0.6 is 0 Å². The molecule has 0 bridgehead atoms. The lowest BCUT2D eigenvalue weighted by Crippen LogP contribution is -2.43. The Kier molecular flexibility index (Phi) is 8.17. The van der Waals surface area contributed by atoms with Gasteiger partial charge in [-0.3, -0.25) is 0 Å². The van der Waals surface area contributed by atoms with Crippen LogP contribution in [0.25, 0.3) is 0 Å². The summed E-state index contributed by atoms with van der Waals surface area (Å²) < 4.78 is 0. The largest absolute Gasteiger partial charge is 0.338 e. The van der Waals surface area contributed by atoms with E-state index in [-0.39, 0.29) is 6.03 Å². The Morgan fingerprint density at radius 1 is 0.957 bits per heavy atom. The highest BCUT2D eigenvalue weighted by Gasteiger charge is 2.17. The van der Waals surface area contributed by atoms with E-state index in [4.69, 9.17) is 0 Å². The summed E-state index contributed by atoms with van der Waals surface area (Å²) in [7, 11) is 0. The molecule has 2 amide bonds. The monoisotopic (exact) mass is 324 g/mol. The summed E-state index contributed by atoms with van der Waals surface area (Å²) in [5.74, 6) is 0.866. The molecule has 0 saturated carbocycles. The number of nitrogens with zero attached hydrogens (tertiary/aromatic N) is 2. The van der Waals surface area contributed by atoms with Gasteiger partial charge in [-0.15, -0.1) is 0 Å².